The van der Waals surface area contributed by atoms with Gasteiger partial charge in [-0.05, 0) is 18.3 Å². The van der Waals surface area contributed by atoms with Crippen LogP contribution in [0.2, 0.25) is 0 Å². The van der Waals surface area contributed by atoms with Gasteiger partial charge in [0.2, 0.25) is 0 Å². The first-order chi connectivity index (χ1) is 12.2. The summed E-state index contributed by atoms with van der Waals surface area (Å²) in [5.41, 5.74) is 3.65. The molecular weight excluding hydrogens is 603 g/mol. The summed E-state index contributed by atoms with van der Waals surface area (Å²) in [7, 11) is 1.49. The van der Waals surface area contributed by atoms with Crippen molar-refractivity contribution in [1.29, 1.82) is 0 Å². The monoisotopic (exact) mass is 623 g/mol. The van der Waals surface area contributed by atoms with Gasteiger partial charge in [0.05, 0.1) is 0 Å². The van der Waals surface area contributed by atoms with Gasteiger partial charge < -0.3 is 30.4 Å². The van der Waals surface area contributed by atoms with E-state index in [0.29, 0.717) is 0 Å². The fourth-order valence-electron chi connectivity index (χ4n) is 3.92. The number of nitrogens with zero attached hydrogens (tertiary/aromatic N) is 3. The Morgan fingerprint density at radius 2 is 1.89 bits per heavy atom. The first-order valence-electron chi connectivity index (χ1n) is 8.70. The van der Waals surface area contributed by atoms with E-state index in [9.17, 15) is 15.3 Å². The Balaban J connectivity index is 0.00000140. The van der Waals surface area contributed by atoms with Crippen molar-refractivity contribution < 1.29 is 69.1 Å². The van der Waals surface area contributed by atoms with Gasteiger partial charge in [-0.25, -0.2) is 0 Å². The molecule has 2 aromatic rings. The average molecular weight is 623 g/mol. The van der Waals surface area contributed by atoms with Crippen molar-refractivity contribution in [2.24, 2.45) is 13.0 Å². The summed E-state index contributed by atoms with van der Waals surface area (Å²) in [4.78, 5) is 0. The Morgan fingerprint density at radius 1 is 1.25 bits per heavy atom. The van der Waals surface area contributed by atoms with Gasteiger partial charge in [-0.2, -0.15) is 17.1 Å². The predicted octanol–water partition coefficient (Wildman–Crippen LogP) is 0.649. The molecule has 1 aromatic heterocycles. The molecular formula is C20H20N3O3WY-5. The van der Waals surface area contributed by atoms with Crippen LogP contribution in [-0.4, -0.2) is 22.0 Å². The molecule has 4 rings (SSSR count). The standard InChI is InChI=1S/C20H21N3O3.W.Y/c1-10-5-6-14-13(7-10)20(2,3)15(22-14)8-11-17(24)16(18(11)25)12-9-21-23(4)19(12)26;;/h5-8,11,16-18H,1-4H3,(H,21,26);;/q-4;;/p-1. The number of hydrogen-bond acceptors (Lipinski definition) is 4. The van der Waals surface area contributed by atoms with Gasteiger partial charge in [0, 0.05) is 60.8 Å². The summed E-state index contributed by atoms with van der Waals surface area (Å²) in [6, 6.07) is 6.07. The van der Waals surface area contributed by atoms with Crippen LogP contribution >= 0.6 is 0 Å². The van der Waals surface area contributed by atoms with E-state index in [0.717, 1.165) is 27.2 Å². The zero-order valence-electron chi connectivity index (χ0n) is 16.2. The van der Waals surface area contributed by atoms with Gasteiger partial charge in [-0.1, -0.05) is 49.1 Å². The third-order valence-corrected chi connectivity index (χ3v) is 5.70. The maximum absolute atomic E-state index is 12.7. The Morgan fingerprint density at radius 3 is 2.46 bits per heavy atom. The average Bonchev–Trinajstić information content (AvgIpc) is 3.04. The molecule has 2 unspecified atom stereocenters. The molecule has 1 radical (unpaired) electrons. The van der Waals surface area contributed by atoms with Crippen LogP contribution in [0.15, 0.2) is 30.0 Å². The molecule has 0 amide bonds. The Kier molecular flexibility index (Phi) is 7.05. The molecule has 0 spiro atoms. The SMILES string of the molecule is Cc1ccc2c(c1)C(C)(C)C(=CC1C([O-])C(c3[c-]nn(C)c3[O-])C1[O-])[N-]2.[W].[Y]. The van der Waals surface area contributed by atoms with Crippen molar-refractivity contribution in [3.05, 3.63) is 58.2 Å². The van der Waals surface area contributed by atoms with Gasteiger partial charge in [-0.15, -0.1) is 30.2 Å². The van der Waals surface area contributed by atoms with Gasteiger partial charge in [0.25, 0.3) is 0 Å². The fraction of sp³-hybridized carbons (Fsp3) is 0.450. The first kappa shape index (κ1) is 23.8. The molecule has 2 heterocycles. The van der Waals surface area contributed by atoms with Gasteiger partial charge in [0.15, 0.2) is 0 Å². The van der Waals surface area contributed by atoms with Gasteiger partial charge >= 0.3 is 0 Å². The molecule has 6 nitrogen and oxygen atoms in total. The Bertz CT molecular complexity index is 902. The van der Waals surface area contributed by atoms with Crippen LogP contribution < -0.4 is 15.3 Å². The summed E-state index contributed by atoms with van der Waals surface area (Å²) in [5.74, 6) is -1.98. The number of aromatic nitrogens is 2. The Labute approximate surface area is 204 Å². The quantitative estimate of drug-likeness (QED) is 0.459. The third kappa shape index (κ3) is 3.56. The normalized spacial score (nSPS) is 28.6. The number of fused-ring (bicyclic) bond motifs is 1. The molecule has 1 saturated carbocycles. The smallest absolute Gasteiger partial charge is 0.00741 e. The summed E-state index contributed by atoms with van der Waals surface area (Å²) in [6.45, 7) is 6.13. The van der Waals surface area contributed by atoms with E-state index in [4.69, 9.17) is 0 Å². The number of allylic oxidation sites excluding steroid dienone is 1. The van der Waals surface area contributed by atoms with Gasteiger partial charge in [0.1, 0.15) is 0 Å². The molecule has 147 valence electrons. The topological polar surface area (TPSA) is 101 Å². The van der Waals surface area contributed by atoms with Gasteiger partial charge in [-0.3, -0.25) is 0 Å². The summed E-state index contributed by atoms with van der Waals surface area (Å²) >= 11 is 0. The second-order valence-electron chi connectivity index (χ2n) is 7.80. The molecule has 28 heavy (non-hydrogen) atoms. The van der Waals surface area contributed by atoms with Crippen molar-refractivity contribution in [1.82, 2.24) is 9.78 Å². The number of rotatable bonds is 2. The van der Waals surface area contributed by atoms with E-state index >= 15 is 0 Å². The minimum atomic E-state index is -1.17. The number of aryl methyl sites for hydroxylation is 2. The van der Waals surface area contributed by atoms with Crippen molar-refractivity contribution in [2.45, 2.75) is 44.3 Å². The molecule has 1 fully saturated rings. The zero-order chi connectivity index (χ0) is 18.8. The molecule has 1 aliphatic heterocycles. The van der Waals surface area contributed by atoms with Crippen molar-refractivity contribution >= 4 is 5.69 Å². The molecule has 0 bridgehead atoms. The van der Waals surface area contributed by atoms with Crippen LogP contribution in [0, 0.1) is 19.0 Å². The van der Waals surface area contributed by atoms with Crippen LogP contribution in [0.25, 0.3) is 5.32 Å². The minimum absolute atomic E-state index is 0. The van der Waals surface area contributed by atoms with Crippen LogP contribution in [0.1, 0.15) is 36.5 Å². The van der Waals surface area contributed by atoms with Crippen LogP contribution in [0.5, 0.6) is 5.88 Å². The molecule has 1 aliphatic carbocycles. The van der Waals surface area contributed by atoms with Crippen molar-refractivity contribution in [3.8, 4) is 5.88 Å². The molecule has 8 heteroatoms. The Hall–Kier alpha value is -0.518. The second-order valence-corrected chi connectivity index (χ2v) is 7.80. The fourth-order valence-corrected chi connectivity index (χ4v) is 3.92. The first-order valence-corrected chi connectivity index (χ1v) is 8.70. The van der Waals surface area contributed by atoms with Crippen LogP contribution in [0.3, 0.4) is 0 Å². The zero-order valence-corrected chi connectivity index (χ0v) is 21.9. The minimum Gasteiger partial charge on any atom is -0.941 e. The van der Waals surface area contributed by atoms with Crippen LogP contribution in [0.4, 0.5) is 5.69 Å². The number of benzene rings is 1. The molecule has 0 N–H and O–H groups in total. The van der Waals surface area contributed by atoms with E-state index in [2.05, 4.69) is 22.7 Å². The molecule has 1 aromatic carbocycles. The largest absolute Gasteiger partial charge is 0.941 e. The third-order valence-electron chi connectivity index (χ3n) is 5.70. The van der Waals surface area contributed by atoms with Crippen molar-refractivity contribution in [3.63, 3.8) is 0 Å². The van der Waals surface area contributed by atoms with Crippen molar-refractivity contribution in [2.75, 3.05) is 0 Å². The molecule has 0 saturated heterocycles. The maximum Gasteiger partial charge on any atom is 0.00741 e. The summed E-state index contributed by atoms with van der Waals surface area (Å²) < 4.78 is 1.11. The second kappa shape index (κ2) is 8.31. The summed E-state index contributed by atoms with van der Waals surface area (Å²) in [5, 5.41) is 45.7. The van der Waals surface area contributed by atoms with E-state index < -0.39 is 29.9 Å². The predicted molar refractivity (Wildman–Crippen MR) is 90.6 cm³/mol. The van der Waals surface area contributed by atoms with Crippen LogP contribution in [-0.2, 0) is 66.2 Å². The van der Waals surface area contributed by atoms with E-state index in [1.807, 2.05) is 32.9 Å². The maximum atomic E-state index is 12.7. The molecule has 2 aliphatic rings. The number of hydrogen-bond donors (Lipinski definition) is 0. The van der Waals surface area contributed by atoms with E-state index in [1.165, 1.54) is 7.05 Å². The van der Waals surface area contributed by atoms with E-state index in [-0.39, 0.29) is 64.8 Å². The molecule has 2 atom stereocenters. The summed E-state index contributed by atoms with van der Waals surface area (Å²) in [6.07, 6.45) is 1.92. The van der Waals surface area contributed by atoms with E-state index in [1.54, 1.807) is 6.08 Å².